The Kier molecular flexibility index (Phi) is 5.57. The Labute approximate surface area is 169 Å². The van der Waals surface area contributed by atoms with Crippen molar-refractivity contribution in [2.24, 2.45) is 4.99 Å². The first-order chi connectivity index (χ1) is 14.2. The molecule has 1 nitrogen and oxygen atoms in total. The van der Waals surface area contributed by atoms with Gasteiger partial charge in [-0.25, -0.2) is 8.78 Å². The first-order valence-corrected chi connectivity index (χ1v) is 9.40. The third-order valence-corrected chi connectivity index (χ3v) is 4.67. The van der Waals surface area contributed by atoms with Gasteiger partial charge in [-0.2, -0.15) is 0 Å². The lowest BCUT2D eigenvalue weighted by molar-refractivity contribution is 0.577. The van der Waals surface area contributed by atoms with Crippen LogP contribution in [-0.2, 0) is 0 Å². The minimum atomic E-state index is -0.614. The van der Waals surface area contributed by atoms with Crippen LogP contribution < -0.4 is 0 Å². The van der Waals surface area contributed by atoms with E-state index in [0.717, 1.165) is 28.5 Å². The van der Waals surface area contributed by atoms with Gasteiger partial charge in [-0.3, -0.25) is 4.99 Å². The SMILES string of the molecule is Fc1cc(F)cc(C(N=C(c2ccccc2)c2ccccc2)c2ccccc2)c1. The van der Waals surface area contributed by atoms with Gasteiger partial charge in [-0.05, 0) is 23.3 Å². The fraction of sp³-hybridized carbons (Fsp3) is 0.0385. The monoisotopic (exact) mass is 383 g/mol. The van der Waals surface area contributed by atoms with E-state index in [-0.39, 0.29) is 0 Å². The number of aliphatic imine (C=N–C) groups is 1. The van der Waals surface area contributed by atoms with Crippen LogP contribution >= 0.6 is 0 Å². The number of hydrogen-bond donors (Lipinski definition) is 0. The minimum Gasteiger partial charge on any atom is -0.271 e. The lowest BCUT2D eigenvalue weighted by atomic mass is 9.96. The Balaban J connectivity index is 1.93. The van der Waals surface area contributed by atoms with E-state index >= 15 is 0 Å². The number of benzene rings is 4. The normalized spacial score (nSPS) is 11.7. The third-order valence-electron chi connectivity index (χ3n) is 4.67. The van der Waals surface area contributed by atoms with Gasteiger partial charge in [0.1, 0.15) is 17.7 Å². The average molecular weight is 383 g/mol. The second kappa shape index (κ2) is 8.61. The van der Waals surface area contributed by atoms with Crippen molar-refractivity contribution in [1.29, 1.82) is 0 Å². The lowest BCUT2D eigenvalue weighted by Gasteiger charge is -2.17. The van der Waals surface area contributed by atoms with Gasteiger partial charge in [0.2, 0.25) is 0 Å². The summed E-state index contributed by atoms with van der Waals surface area (Å²) in [6.07, 6.45) is 0. The molecule has 4 aromatic carbocycles. The van der Waals surface area contributed by atoms with E-state index in [1.165, 1.54) is 12.1 Å². The van der Waals surface area contributed by atoms with Crippen molar-refractivity contribution in [3.8, 4) is 0 Å². The van der Waals surface area contributed by atoms with Crippen LogP contribution in [0.1, 0.15) is 28.3 Å². The molecule has 0 saturated carbocycles. The van der Waals surface area contributed by atoms with Gasteiger partial charge in [0.05, 0.1) is 5.71 Å². The molecule has 3 heteroatoms. The summed E-state index contributed by atoms with van der Waals surface area (Å²) >= 11 is 0. The van der Waals surface area contributed by atoms with E-state index in [9.17, 15) is 8.78 Å². The van der Waals surface area contributed by atoms with Crippen molar-refractivity contribution in [2.75, 3.05) is 0 Å². The molecule has 0 radical (unpaired) electrons. The van der Waals surface area contributed by atoms with E-state index in [4.69, 9.17) is 4.99 Å². The number of nitrogens with zero attached hydrogens (tertiary/aromatic N) is 1. The Hall–Kier alpha value is -3.59. The molecular weight excluding hydrogens is 364 g/mol. The molecule has 0 aromatic heterocycles. The van der Waals surface area contributed by atoms with Gasteiger partial charge >= 0.3 is 0 Å². The molecule has 0 bridgehead atoms. The zero-order valence-corrected chi connectivity index (χ0v) is 15.7. The second-order valence-corrected chi connectivity index (χ2v) is 6.73. The Morgan fingerprint density at radius 3 is 1.48 bits per heavy atom. The van der Waals surface area contributed by atoms with E-state index in [1.807, 2.05) is 91.0 Å². The van der Waals surface area contributed by atoms with Gasteiger partial charge in [0, 0.05) is 17.2 Å². The molecule has 4 aromatic rings. The summed E-state index contributed by atoms with van der Waals surface area (Å²) in [6.45, 7) is 0. The topological polar surface area (TPSA) is 12.4 Å². The van der Waals surface area contributed by atoms with Crippen LogP contribution in [0, 0.1) is 11.6 Å². The maximum atomic E-state index is 14.0. The summed E-state index contributed by atoms with van der Waals surface area (Å²) in [7, 11) is 0. The highest BCUT2D eigenvalue weighted by Crippen LogP contribution is 2.29. The molecule has 0 aliphatic heterocycles. The van der Waals surface area contributed by atoms with Crippen molar-refractivity contribution in [2.45, 2.75) is 6.04 Å². The number of halogens is 2. The van der Waals surface area contributed by atoms with Crippen molar-refractivity contribution < 1.29 is 8.78 Å². The summed E-state index contributed by atoms with van der Waals surface area (Å²) < 4.78 is 28.0. The van der Waals surface area contributed by atoms with Gasteiger partial charge in [0.25, 0.3) is 0 Å². The maximum absolute atomic E-state index is 14.0. The fourth-order valence-electron chi connectivity index (χ4n) is 3.35. The molecule has 4 rings (SSSR count). The predicted molar refractivity (Wildman–Crippen MR) is 113 cm³/mol. The van der Waals surface area contributed by atoms with Crippen LogP contribution in [0.5, 0.6) is 0 Å². The average Bonchev–Trinajstić information content (AvgIpc) is 2.75. The van der Waals surface area contributed by atoms with E-state index in [2.05, 4.69) is 0 Å². The van der Waals surface area contributed by atoms with Crippen LogP contribution in [0.3, 0.4) is 0 Å². The van der Waals surface area contributed by atoms with Crippen molar-refractivity contribution in [3.63, 3.8) is 0 Å². The second-order valence-electron chi connectivity index (χ2n) is 6.73. The van der Waals surface area contributed by atoms with Crippen LogP contribution in [-0.4, -0.2) is 5.71 Å². The van der Waals surface area contributed by atoms with Crippen LogP contribution in [0.25, 0.3) is 0 Å². The molecule has 0 fully saturated rings. The molecule has 0 N–H and O–H groups in total. The van der Waals surface area contributed by atoms with Crippen molar-refractivity contribution in [1.82, 2.24) is 0 Å². The largest absolute Gasteiger partial charge is 0.271 e. The smallest absolute Gasteiger partial charge is 0.126 e. The summed E-state index contributed by atoms with van der Waals surface area (Å²) in [4.78, 5) is 5.02. The van der Waals surface area contributed by atoms with Crippen LogP contribution in [0.4, 0.5) is 8.78 Å². The Morgan fingerprint density at radius 1 is 0.552 bits per heavy atom. The van der Waals surface area contributed by atoms with Gasteiger partial charge in [0.15, 0.2) is 0 Å². The van der Waals surface area contributed by atoms with Crippen LogP contribution in [0.15, 0.2) is 114 Å². The van der Waals surface area contributed by atoms with Gasteiger partial charge in [-0.1, -0.05) is 91.0 Å². The van der Waals surface area contributed by atoms with Crippen molar-refractivity contribution >= 4 is 5.71 Å². The molecule has 29 heavy (non-hydrogen) atoms. The van der Waals surface area contributed by atoms with Gasteiger partial charge in [-0.15, -0.1) is 0 Å². The maximum Gasteiger partial charge on any atom is 0.126 e. The van der Waals surface area contributed by atoms with Gasteiger partial charge < -0.3 is 0 Å². The van der Waals surface area contributed by atoms with Crippen LogP contribution in [0.2, 0.25) is 0 Å². The first kappa shape index (κ1) is 18.8. The van der Waals surface area contributed by atoms with E-state index < -0.39 is 17.7 Å². The number of rotatable bonds is 5. The molecule has 1 unspecified atom stereocenters. The lowest BCUT2D eigenvalue weighted by Crippen LogP contribution is -2.08. The molecule has 142 valence electrons. The Bertz CT molecular complexity index is 1050. The molecule has 0 aliphatic carbocycles. The zero-order chi connectivity index (χ0) is 20.1. The van der Waals surface area contributed by atoms with E-state index in [1.54, 1.807) is 0 Å². The Morgan fingerprint density at radius 2 is 1.00 bits per heavy atom. The summed E-state index contributed by atoms with van der Waals surface area (Å²) in [6, 6.07) is 32.2. The molecule has 0 heterocycles. The molecule has 0 saturated heterocycles. The highest BCUT2D eigenvalue weighted by Gasteiger charge is 2.18. The molecule has 0 aliphatic rings. The molecule has 1 atom stereocenters. The third kappa shape index (κ3) is 4.46. The highest BCUT2D eigenvalue weighted by molar-refractivity contribution is 6.13. The van der Waals surface area contributed by atoms with E-state index in [0.29, 0.717) is 5.56 Å². The summed E-state index contributed by atoms with van der Waals surface area (Å²) in [5.41, 5.74) is 3.98. The molecule has 0 amide bonds. The molecule has 0 spiro atoms. The standard InChI is InChI=1S/C26H19F2N/c27-23-16-22(17-24(28)18-23)26(21-14-8-3-9-15-21)29-25(19-10-4-1-5-11-19)20-12-6-2-7-13-20/h1-18,26H. The summed E-state index contributed by atoms with van der Waals surface area (Å²) in [5.74, 6) is -1.23. The minimum absolute atomic E-state index is 0.470. The summed E-state index contributed by atoms with van der Waals surface area (Å²) in [5, 5.41) is 0. The zero-order valence-electron chi connectivity index (χ0n) is 15.7. The highest BCUT2D eigenvalue weighted by atomic mass is 19.1. The van der Waals surface area contributed by atoms with Crippen molar-refractivity contribution in [3.05, 3.63) is 143 Å². The fourth-order valence-corrected chi connectivity index (χ4v) is 3.35. The quantitative estimate of drug-likeness (QED) is 0.345. The molecular formula is C26H19F2N. The first-order valence-electron chi connectivity index (χ1n) is 9.40. The predicted octanol–water partition coefficient (Wildman–Crippen LogP) is 6.59. The number of hydrogen-bond acceptors (Lipinski definition) is 1.